The third-order valence-electron chi connectivity index (χ3n) is 4.60. The number of rotatable bonds is 5. The molecule has 1 N–H and O–H groups in total. The molecule has 0 bridgehead atoms. The fraction of sp³-hybridized carbons (Fsp3) is 0.250. The second-order valence-corrected chi connectivity index (χ2v) is 6.80. The highest BCUT2D eigenvalue weighted by molar-refractivity contribution is 5.89. The number of aromatic nitrogens is 4. The maximum absolute atomic E-state index is 14.3. The zero-order chi connectivity index (χ0) is 21.1. The Morgan fingerprint density at radius 2 is 2.03 bits per heavy atom. The van der Waals surface area contributed by atoms with Crippen LogP contribution in [0.3, 0.4) is 0 Å². The number of hydrogen-bond donors (Lipinski definition) is 1. The molecular weight excluding hydrogens is 394 g/mol. The molecule has 1 aromatic carbocycles. The average Bonchev–Trinajstić information content (AvgIpc) is 2.75. The first kappa shape index (κ1) is 19.8. The van der Waals surface area contributed by atoms with Crippen LogP contribution in [0.15, 0.2) is 42.7 Å². The molecule has 4 rings (SSSR count). The summed E-state index contributed by atoms with van der Waals surface area (Å²) < 4.78 is 32.6. The zero-order valence-electron chi connectivity index (χ0n) is 16.0. The number of nitrogens with zero attached hydrogens (tertiary/aromatic N) is 5. The predicted molar refractivity (Wildman–Crippen MR) is 106 cm³/mol. The summed E-state index contributed by atoms with van der Waals surface area (Å²) in [6.07, 6.45) is 2.65. The monoisotopic (exact) mass is 412 g/mol. The van der Waals surface area contributed by atoms with E-state index in [4.69, 9.17) is 4.74 Å². The molecule has 0 aliphatic carbocycles. The molecule has 1 unspecified atom stereocenters. The van der Waals surface area contributed by atoms with Crippen LogP contribution in [-0.2, 0) is 4.74 Å². The smallest absolute Gasteiger partial charge is 0.332 e. The average molecular weight is 412 g/mol. The maximum atomic E-state index is 14.3. The Morgan fingerprint density at radius 3 is 2.77 bits per heavy atom. The van der Waals surface area contributed by atoms with Gasteiger partial charge >= 0.3 is 6.04 Å². The van der Waals surface area contributed by atoms with Crippen molar-refractivity contribution in [2.24, 2.45) is 0 Å². The lowest BCUT2D eigenvalue weighted by Crippen LogP contribution is -2.42. The van der Waals surface area contributed by atoms with Crippen LogP contribution >= 0.6 is 0 Å². The lowest BCUT2D eigenvalue weighted by Gasteiger charge is -2.31. The summed E-state index contributed by atoms with van der Waals surface area (Å²) >= 11 is 0. The van der Waals surface area contributed by atoms with Crippen molar-refractivity contribution in [2.45, 2.75) is 13.0 Å². The molecule has 3 heterocycles. The van der Waals surface area contributed by atoms with E-state index in [-0.39, 0.29) is 23.3 Å². The largest absolute Gasteiger partial charge is 0.375 e. The maximum Gasteiger partial charge on any atom is 0.332 e. The van der Waals surface area contributed by atoms with Crippen LogP contribution < -0.4 is 10.2 Å². The predicted octanol–water partition coefficient (Wildman–Crippen LogP) is 3.15. The van der Waals surface area contributed by atoms with Crippen LogP contribution in [0.25, 0.3) is 11.1 Å². The molecule has 1 atom stereocenters. The van der Waals surface area contributed by atoms with Gasteiger partial charge in [-0.1, -0.05) is 12.1 Å². The highest BCUT2D eigenvalue weighted by atomic mass is 19.1. The highest BCUT2D eigenvalue weighted by Gasteiger charge is 2.20. The number of morpholine rings is 1. The Balaban J connectivity index is 1.56. The van der Waals surface area contributed by atoms with Gasteiger partial charge in [-0.05, 0) is 30.7 Å². The van der Waals surface area contributed by atoms with Gasteiger partial charge in [-0.15, -0.1) is 5.10 Å². The van der Waals surface area contributed by atoms with E-state index in [1.807, 2.05) is 11.8 Å². The lowest BCUT2D eigenvalue weighted by molar-refractivity contribution is 0.0526. The number of carbonyl (C=O) groups excluding carboxylic acids is 1. The van der Waals surface area contributed by atoms with E-state index in [9.17, 15) is 13.6 Å². The van der Waals surface area contributed by atoms with Crippen LogP contribution in [0.4, 0.5) is 26.4 Å². The van der Waals surface area contributed by atoms with Crippen molar-refractivity contribution in [3.05, 3.63) is 54.1 Å². The number of halogens is 2. The third-order valence-corrected chi connectivity index (χ3v) is 4.60. The van der Waals surface area contributed by atoms with Gasteiger partial charge < -0.3 is 15.0 Å². The molecule has 1 fully saturated rings. The highest BCUT2D eigenvalue weighted by Crippen LogP contribution is 2.24. The van der Waals surface area contributed by atoms with Gasteiger partial charge in [0, 0.05) is 18.7 Å². The summed E-state index contributed by atoms with van der Waals surface area (Å²) in [5.74, 6) is 0.0173. The van der Waals surface area contributed by atoms with Crippen molar-refractivity contribution in [1.29, 1.82) is 0 Å². The second-order valence-electron chi connectivity index (χ2n) is 6.80. The summed E-state index contributed by atoms with van der Waals surface area (Å²) in [5, 5.41) is 10.7. The minimum absolute atomic E-state index is 0.0241. The molecule has 3 aromatic rings. The van der Waals surface area contributed by atoms with E-state index in [0.717, 1.165) is 6.20 Å². The number of ether oxygens (including phenoxy) is 1. The molecule has 0 amide bonds. The second kappa shape index (κ2) is 8.46. The molecule has 0 radical (unpaired) electrons. The van der Waals surface area contributed by atoms with E-state index in [1.54, 1.807) is 18.2 Å². The van der Waals surface area contributed by atoms with Gasteiger partial charge in [-0.3, -0.25) is 4.79 Å². The van der Waals surface area contributed by atoms with E-state index in [0.29, 0.717) is 36.8 Å². The van der Waals surface area contributed by atoms with Crippen LogP contribution in [0.2, 0.25) is 0 Å². The number of benzene rings is 1. The zero-order valence-corrected chi connectivity index (χ0v) is 16.0. The molecule has 8 nitrogen and oxygen atoms in total. The first-order valence-corrected chi connectivity index (χ1v) is 9.29. The van der Waals surface area contributed by atoms with Gasteiger partial charge in [0.25, 0.3) is 0 Å². The number of hydrogen-bond acceptors (Lipinski definition) is 8. The molecule has 0 saturated carbocycles. The van der Waals surface area contributed by atoms with Crippen LogP contribution in [0.1, 0.15) is 17.3 Å². The summed E-state index contributed by atoms with van der Waals surface area (Å²) in [5.41, 5.74) is 1.32. The third kappa shape index (κ3) is 4.38. The number of anilines is 3. The van der Waals surface area contributed by atoms with Crippen molar-refractivity contribution in [3.8, 4) is 11.1 Å². The molecular formula is C20H18F2N6O2. The van der Waals surface area contributed by atoms with E-state index in [1.165, 1.54) is 18.3 Å². The van der Waals surface area contributed by atoms with E-state index < -0.39 is 11.9 Å². The van der Waals surface area contributed by atoms with Crippen molar-refractivity contribution < 1.29 is 18.3 Å². The van der Waals surface area contributed by atoms with Crippen LogP contribution in [-0.4, -0.2) is 52.0 Å². The van der Waals surface area contributed by atoms with Crippen molar-refractivity contribution >= 4 is 23.6 Å². The van der Waals surface area contributed by atoms with Crippen LogP contribution in [0.5, 0.6) is 0 Å². The molecule has 30 heavy (non-hydrogen) atoms. The Kier molecular flexibility index (Phi) is 5.57. The molecule has 0 spiro atoms. The molecule has 1 aliphatic rings. The lowest BCUT2D eigenvalue weighted by atomic mass is 10.1. The molecule has 2 aromatic heterocycles. The quantitative estimate of drug-likeness (QED) is 0.639. The fourth-order valence-electron chi connectivity index (χ4n) is 3.10. The Bertz CT molecular complexity index is 1060. The van der Waals surface area contributed by atoms with Crippen LogP contribution in [0, 0.1) is 5.82 Å². The summed E-state index contributed by atoms with van der Waals surface area (Å²) in [6, 6.07) is 6.10. The minimum atomic E-state index is -1.50. The fourth-order valence-corrected chi connectivity index (χ4v) is 3.10. The summed E-state index contributed by atoms with van der Waals surface area (Å²) in [4.78, 5) is 21.1. The minimum Gasteiger partial charge on any atom is -0.375 e. The van der Waals surface area contributed by atoms with Crippen molar-refractivity contribution in [2.75, 3.05) is 29.9 Å². The number of nitrogens with one attached hydrogen (secondary N) is 1. The van der Waals surface area contributed by atoms with Crippen molar-refractivity contribution in [1.82, 2.24) is 20.2 Å². The van der Waals surface area contributed by atoms with Gasteiger partial charge in [0.05, 0.1) is 30.7 Å². The van der Waals surface area contributed by atoms with Crippen molar-refractivity contribution in [3.63, 3.8) is 0 Å². The molecule has 1 saturated heterocycles. The van der Waals surface area contributed by atoms with E-state index >= 15 is 0 Å². The standard InChI is InChI=1S/C20H18F2N6O2/c1-12-11-28(6-7-30-12)20-23-10-16(21)19(26-20)25-17-8-15(9-24-27-17)13-2-4-14(5-3-13)18(22)29/h2-5,8-10,12H,6-7,11H2,1H3,(H,23,25,26,27). The Morgan fingerprint density at radius 1 is 1.23 bits per heavy atom. The van der Waals surface area contributed by atoms with Gasteiger partial charge in [-0.25, -0.2) is 9.37 Å². The van der Waals surface area contributed by atoms with Gasteiger partial charge in [0.2, 0.25) is 5.95 Å². The van der Waals surface area contributed by atoms with Gasteiger partial charge in [-0.2, -0.15) is 14.5 Å². The summed E-state index contributed by atoms with van der Waals surface area (Å²) in [7, 11) is 0. The summed E-state index contributed by atoms with van der Waals surface area (Å²) in [6.45, 7) is 3.72. The van der Waals surface area contributed by atoms with Gasteiger partial charge in [0.1, 0.15) is 0 Å². The first-order chi connectivity index (χ1) is 14.5. The topological polar surface area (TPSA) is 93.1 Å². The first-order valence-electron chi connectivity index (χ1n) is 9.29. The Labute approximate surface area is 170 Å². The number of carbonyl (C=O) groups is 1. The molecule has 1 aliphatic heterocycles. The molecule has 154 valence electrons. The van der Waals surface area contributed by atoms with E-state index in [2.05, 4.69) is 25.5 Å². The molecule has 10 heteroatoms. The van der Waals surface area contributed by atoms with Gasteiger partial charge in [0.15, 0.2) is 17.5 Å². The SMILES string of the molecule is CC1CN(c2ncc(F)c(Nc3cc(-c4ccc(C(=O)F)cc4)cnn3)n2)CCO1. The Hall–Kier alpha value is -3.53. The normalized spacial score (nSPS) is 16.4.